The average Bonchev–Trinajstić information content (AvgIpc) is 3.02. The summed E-state index contributed by atoms with van der Waals surface area (Å²) in [6, 6.07) is 11.1. The lowest BCUT2D eigenvalue weighted by molar-refractivity contribution is -0.119. The summed E-state index contributed by atoms with van der Waals surface area (Å²) < 4.78 is 6.11. The van der Waals surface area contributed by atoms with Crippen LogP contribution in [-0.2, 0) is 9.53 Å². The van der Waals surface area contributed by atoms with E-state index in [9.17, 15) is 9.59 Å². The predicted molar refractivity (Wildman–Crippen MR) is 109 cm³/mol. The van der Waals surface area contributed by atoms with Gasteiger partial charge in [-0.1, -0.05) is 17.4 Å². The van der Waals surface area contributed by atoms with E-state index in [0.717, 1.165) is 27.0 Å². The van der Waals surface area contributed by atoms with Crippen molar-refractivity contribution in [3.63, 3.8) is 0 Å². The second-order valence-electron chi connectivity index (χ2n) is 6.51. The topological polar surface area (TPSA) is 71.5 Å². The molecule has 3 aromatic rings. The number of fused-ring (bicyclic) bond motifs is 1. The van der Waals surface area contributed by atoms with Gasteiger partial charge in [-0.2, -0.15) is 0 Å². The fraction of sp³-hybridized carbons (Fsp3) is 0.250. The van der Waals surface area contributed by atoms with E-state index in [-0.39, 0.29) is 6.61 Å². The highest BCUT2D eigenvalue weighted by atomic mass is 32.1. The van der Waals surface area contributed by atoms with E-state index < -0.39 is 11.9 Å². The lowest BCUT2D eigenvalue weighted by Gasteiger charge is -2.12. The largest absolute Gasteiger partial charge is 0.452 e. The lowest BCUT2D eigenvalue weighted by Crippen LogP contribution is -2.20. The second kappa shape index (κ2) is 7.75. The van der Waals surface area contributed by atoms with Crippen molar-refractivity contribution < 1.29 is 14.3 Å². The minimum absolute atomic E-state index is 0.359. The van der Waals surface area contributed by atoms with Crippen molar-refractivity contribution in [2.24, 2.45) is 0 Å². The number of aromatic nitrogens is 1. The summed E-state index contributed by atoms with van der Waals surface area (Å²) in [5, 5.41) is 3.19. The number of esters is 1. The summed E-state index contributed by atoms with van der Waals surface area (Å²) >= 11 is 1.40. The van der Waals surface area contributed by atoms with Crippen LogP contribution in [-0.4, -0.2) is 37.6 Å². The summed E-state index contributed by atoms with van der Waals surface area (Å²) in [5.41, 5.74) is 4.47. The molecule has 0 bridgehead atoms. The van der Waals surface area contributed by atoms with Gasteiger partial charge in [0.2, 0.25) is 0 Å². The molecule has 140 valence electrons. The normalized spacial score (nSPS) is 10.7. The van der Waals surface area contributed by atoms with Gasteiger partial charge in [-0.05, 0) is 55.3 Å². The van der Waals surface area contributed by atoms with E-state index in [0.29, 0.717) is 10.7 Å². The Morgan fingerprint density at radius 3 is 2.52 bits per heavy atom. The predicted octanol–water partition coefficient (Wildman–Crippen LogP) is 3.77. The van der Waals surface area contributed by atoms with Gasteiger partial charge in [0.25, 0.3) is 5.91 Å². The summed E-state index contributed by atoms with van der Waals surface area (Å²) in [6.07, 6.45) is 0. The Morgan fingerprint density at radius 2 is 1.85 bits per heavy atom. The van der Waals surface area contributed by atoms with Crippen molar-refractivity contribution in [1.82, 2.24) is 4.98 Å². The molecule has 0 aliphatic rings. The van der Waals surface area contributed by atoms with E-state index in [2.05, 4.69) is 16.4 Å². The molecule has 0 unspecified atom stereocenters. The van der Waals surface area contributed by atoms with Gasteiger partial charge in [0.15, 0.2) is 11.7 Å². The van der Waals surface area contributed by atoms with Crippen LogP contribution in [0.15, 0.2) is 36.4 Å². The Bertz CT molecular complexity index is 994. The molecule has 7 heteroatoms. The minimum Gasteiger partial charge on any atom is -0.452 e. The van der Waals surface area contributed by atoms with Crippen LogP contribution in [0, 0.1) is 13.8 Å². The SMILES string of the molecule is Cc1cc(C)c2nc(NC(=O)COC(=O)c3ccc(N(C)C)cc3)sc2c1. The Labute approximate surface area is 161 Å². The van der Waals surface area contributed by atoms with Crippen molar-refractivity contribution in [2.45, 2.75) is 13.8 Å². The van der Waals surface area contributed by atoms with E-state index in [1.54, 1.807) is 12.1 Å². The monoisotopic (exact) mass is 383 g/mol. The molecule has 6 nitrogen and oxygen atoms in total. The van der Waals surface area contributed by atoms with Crippen LogP contribution in [0.25, 0.3) is 10.2 Å². The molecule has 1 aromatic heterocycles. The molecule has 0 saturated heterocycles. The summed E-state index contributed by atoms with van der Waals surface area (Å²) in [5.74, 6) is -0.951. The quantitative estimate of drug-likeness (QED) is 0.679. The highest BCUT2D eigenvalue weighted by molar-refractivity contribution is 7.22. The van der Waals surface area contributed by atoms with Gasteiger partial charge in [0, 0.05) is 19.8 Å². The maximum atomic E-state index is 12.1. The smallest absolute Gasteiger partial charge is 0.338 e. The van der Waals surface area contributed by atoms with Gasteiger partial charge in [0.05, 0.1) is 15.8 Å². The first kappa shape index (κ1) is 18.8. The molecule has 0 aliphatic heterocycles. The molecule has 0 spiro atoms. The van der Waals surface area contributed by atoms with Crippen molar-refractivity contribution in [3.8, 4) is 0 Å². The third kappa shape index (κ3) is 4.43. The minimum atomic E-state index is -0.536. The number of ether oxygens (including phenoxy) is 1. The van der Waals surface area contributed by atoms with Crippen molar-refractivity contribution in [3.05, 3.63) is 53.1 Å². The first-order chi connectivity index (χ1) is 12.8. The first-order valence-corrected chi connectivity index (χ1v) is 9.27. The van der Waals surface area contributed by atoms with Crippen molar-refractivity contribution >= 4 is 44.2 Å². The fourth-order valence-corrected chi connectivity index (χ4v) is 3.75. The third-order valence-corrected chi connectivity index (χ3v) is 4.95. The molecular weight excluding hydrogens is 362 g/mol. The number of thiazole rings is 1. The summed E-state index contributed by atoms with van der Waals surface area (Å²) in [6.45, 7) is 3.65. The number of carbonyl (C=O) groups excluding carboxylic acids is 2. The number of aryl methyl sites for hydroxylation is 2. The van der Waals surface area contributed by atoms with Crippen LogP contribution in [0.4, 0.5) is 10.8 Å². The van der Waals surface area contributed by atoms with E-state index in [1.165, 1.54) is 11.3 Å². The maximum Gasteiger partial charge on any atom is 0.338 e. The van der Waals surface area contributed by atoms with Crippen LogP contribution < -0.4 is 10.2 Å². The van der Waals surface area contributed by atoms with Gasteiger partial charge in [-0.3, -0.25) is 10.1 Å². The number of carbonyl (C=O) groups is 2. The Balaban J connectivity index is 1.59. The highest BCUT2D eigenvalue weighted by Crippen LogP contribution is 2.29. The molecule has 1 heterocycles. The number of rotatable bonds is 5. The average molecular weight is 383 g/mol. The number of hydrogen-bond acceptors (Lipinski definition) is 6. The Morgan fingerprint density at radius 1 is 1.15 bits per heavy atom. The zero-order valence-electron chi connectivity index (χ0n) is 15.7. The van der Waals surface area contributed by atoms with Crippen LogP contribution in [0.2, 0.25) is 0 Å². The Hall–Kier alpha value is -2.93. The number of nitrogens with one attached hydrogen (secondary N) is 1. The molecule has 0 fully saturated rings. The number of benzene rings is 2. The number of hydrogen-bond donors (Lipinski definition) is 1. The van der Waals surface area contributed by atoms with Crippen LogP contribution in [0.1, 0.15) is 21.5 Å². The first-order valence-electron chi connectivity index (χ1n) is 8.45. The van der Waals surface area contributed by atoms with Gasteiger partial charge >= 0.3 is 5.97 Å². The molecule has 1 N–H and O–H groups in total. The maximum absolute atomic E-state index is 12.1. The molecule has 1 amide bonds. The number of amides is 1. The highest BCUT2D eigenvalue weighted by Gasteiger charge is 2.13. The van der Waals surface area contributed by atoms with Gasteiger partial charge in [-0.15, -0.1) is 0 Å². The molecular formula is C20H21N3O3S. The van der Waals surface area contributed by atoms with Gasteiger partial charge in [-0.25, -0.2) is 9.78 Å². The molecule has 3 rings (SSSR count). The van der Waals surface area contributed by atoms with Crippen molar-refractivity contribution in [2.75, 3.05) is 30.9 Å². The number of nitrogens with zero attached hydrogens (tertiary/aromatic N) is 2. The van der Waals surface area contributed by atoms with Crippen LogP contribution in [0.3, 0.4) is 0 Å². The van der Waals surface area contributed by atoms with E-state index in [1.807, 2.05) is 51.0 Å². The Kier molecular flexibility index (Phi) is 5.41. The van der Waals surface area contributed by atoms with E-state index >= 15 is 0 Å². The second-order valence-corrected chi connectivity index (χ2v) is 7.54. The van der Waals surface area contributed by atoms with Gasteiger partial charge in [0.1, 0.15) is 0 Å². The third-order valence-electron chi connectivity index (χ3n) is 4.03. The molecule has 0 radical (unpaired) electrons. The van der Waals surface area contributed by atoms with E-state index in [4.69, 9.17) is 4.74 Å². The molecule has 0 aliphatic carbocycles. The summed E-state index contributed by atoms with van der Waals surface area (Å²) in [4.78, 5) is 30.5. The molecule has 27 heavy (non-hydrogen) atoms. The summed E-state index contributed by atoms with van der Waals surface area (Å²) in [7, 11) is 3.84. The van der Waals surface area contributed by atoms with Crippen LogP contribution in [0.5, 0.6) is 0 Å². The number of anilines is 2. The molecule has 0 atom stereocenters. The molecule has 2 aromatic carbocycles. The fourth-order valence-electron chi connectivity index (χ4n) is 2.69. The zero-order valence-corrected chi connectivity index (χ0v) is 16.5. The van der Waals surface area contributed by atoms with Gasteiger partial charge < -0.3 is 9.64 Å². The lowest BCUT2D eigenvalue weighted by atomic mass is 10.1. The standard InChI is InChI=1S/C20H21N3O3S/c1-12-9-13(2)18-16(10-12)27-20(22-18)21-17(24)11-26-19(25)14-5-7-15(8-6-14)23(3)4/h5-10H,11H2,1-4H3,(H,21,22,24). The zero-order chi connectivity index (χ0) is 19.6. The van der Waals surface area contributed by atoms with Crippen LogP contribution >= 0.6 is 11.3 Å². The molecule has 0 saturated carbocycles. The van der Waals surface area contributed by atoms with Crippen molar-refractivity contribution in [1.29, 1.82) is 0 Å².